The van der Waals surface area contributed by atoms with Crippen LogP contribution in [0.2, 0.25) is 0 Å². The number of benzene rings is 1. The second-order valence-electron chi connectivity index (χ2n) is 3.10. The molecule has 0 saturated heterocycles. The van der Waals surface area contributed by atoms with Crippen LogP contribution in [0.1, 0.15) is 5.56 Å². The predicted molar refractivity (Wildman–Crippen MR) is 55.0 cm³/mol. The second-order valence-corrected chi connectivity index (χ2v) is 3.10. The van der Waals surface area contributed by atoms with Crippen LogP contribution < -0.4 is 4.74 Å². The van der Waals surface area contributed by atoms with Crippen LogP contribution >= 0.6 is 0 Å². The first kappa shape index (κ1) is 9.65. The van der Waals surface area contributed by atoms with E-state index in [0.717, 1.165) is 5.56 Å². The van der Waals surface area contributed by atoms with Crippen molar-refractivity contribution in [3.63, 3.8) is 0 Å². The number of hydrogen-bond donors (Lipinski definition) is 0. The van der Waals surface area contributed by atoms with Crippen LogP contribution in [0.15, 0.2) is 48.8 Å². The molecule has 0 bridgehead atoms. The maximum absolute atomic E-state index is 12.8. The Bertz CT molecular complexity index is 431. The quantitative estimate of drug-likeness (QED) is 0.765. The van der Waals surface area contributed by atoms with Gasteiger partial charge in [-0.05, 0) is 29.8 Å². The van der Waals surface area contributed by atoms with Gasteiger partial charge < -0.3 is 4.74 Å². The van der Waals surface area contributed by atoms with Crippen LogP contribution in [-0.2, 0) is 6.61 Å². The summed E-state index contributed by atoms with van der Waals surface area (Å²) in [5.74, 6) is 0.244. The number of aromatic nitrogens is 1. The van der Waals surface area contributed by atoms with Crippen LogP contribution in [0.5, 0.6) is 5.75 Å². The van der Waals surface area contributed by atoms with E-state index in [1.165, 1.54) is 12.1 Å². The van der Waals surface area contributed by atoms with E-state index >= 15 is 0 Å². The molecule has 1 heterocycles. The fourth-order valence-corrected chi connectivity index (χ4v) is 1.20. The van der Waals surface area contributed by atoms with Crippen molar-refractivity contribution >= 4 is 0 Å². The zero-order valence-electron chi connectivity index (χ0n) is 8.06. The maximum Gasteiger partial charge on any atom is 0.126 e. The molecule has 0 unspecified atom stereocenters. The van der Waals surface area contributed by atoms with Gasteiger partial charge in [0.1, 0.15) is 18.2 Å². The molecule has 0 N–H and O–H groups in total. The highest BCUT2D eigenvalue weighted by Crippen LogP contribution is 2.13. The van der Waals surface area contributed by atoms with E-state index in [9.17, 15) is 4.39 Å². The summed E-state index contributed by atoms with van der Waals surface area (Å²) in [5, 5.41) is 0. The van der Waals surface area contributed by atoms with Crippen LogP contribution in [-0.4, -0.2) is 4.98 Å². The first-order chi connectivity index (χ1) is 7.34. The maximum atomic E-state index is 12.8. The monoisotopic (exact) mass is 203 g/mol. The van der Waals surface area contributed by atoms with Gasteiger partial charge in [-0.3, -0.25) is 4.98 Å². The number of nitrogens with zero attached hydrogens (tertiary/aromatic N) is 1. The molecule has 0 spiro atoms. The van der Waals surface area contributed by atoms with E-state index in [-0.39, 0.29) is 5.82 Å². The molecule has 1 aromatic heterocycles. The minimum atomic E-state index is -0.290. The fourth-order valence-electron chi connectivity index (χ4n) is 1.20. The van der Waals surface area contributed by atoms with Gasteiger partial charge in [-0.15, -0.1) is 0 Å². The Morgan fingerprint density at radius 1 is 1.13 bits per heavy atom. The number of rotatable bonds is 3. The second kappa shape index (κ2) is 4.55. The van der Waals surface area contributed by atoms with Gasteiger partial charge in [0, 0.05) is 18.5 Å². The molecule has 0 aliphatic heterocycles. The van der Waals surface area contributed by atoms with Crippen LogP contribution in [0.3, 0.4) is 0 Å². The summed E-state index contributed by atoms with van der Waals surface area (Å²) in [6, 6.07) is 9.82. The molecule has 0 atom stereocenters. The zero-order chi connectivity index (χ0) is 10.5. The lowest BCUT2D eigenvalue weighted by Gasteiger charge is -2.05. The van der Waals surface area contributed by atoms with E-state index in [1.54, 1.807) is 24.5 Å². The SMILES string of the molecule is Fc1cccc(OCc2ccncc2)c1. The lowest BCUT2D eigenvalue weighted by atomic mass is 10.3. The first-order valence-corrected chi connectivity index (χ1v) is 4.62. The molecule has 76 valence electrons. The molecule has 3 heteroatoms. The number of ether oxygens (including phenoxy) is 1. The summed E-state index contributed by atoms with van der Waals surface area (Å²) >= 11 is 0. The van der Waals surface area contributed by atoms with E-state index in [0.29, 0.717) is 12.4 Å². The molecule has 0 fully saturated rings. The average Bonchev–Trinajstić information content (AvgIpc) is 2.28. The topological polar surface area (TPSA) is 22.1 Å². The Morgan fingerprint density at radius 3 is 2.67 bits per heavy atom. The van der Waals surface area contributed by atoms with Gasteiger partial charge in [-0.2, -0.15) is 0 Å². The van der Waals surface area contributed by atoms with Gasteiger partial charge in [-0.25, -0.2) is 4.39 Å². The molecule has 0 saturated carbocycles. The van der Waals surface area contributed by atoms with Gasteiger partial charge >= 0.3 is 0 Å². The molecule has 0 aliphatic rings. The lowest BCUT2D eigenvalue weighted by molar-refractivity contribution is 0.304. The Morgan fingerprint density at radius 2 is 1.93 bits per heavy atom. The van der Waals surface area contributed by atoms with Gasteiger partial charge in [0.25, 0.3) is 0 Å². The Labute approximate surface area is 87.4 Å². The van der Waals surface area contributed by atoms with Crippen molar-refractivity contribution in [3.05, 3.63) is 60.2 Å². The minimum Gasteiger partial charge on any atom is -0.489 e. The number of hydrogen-bond acceptors (Lipinski definition) is 2. The molecule has 0 radical (unpaired) electrons. The summed E-state index contributed by atoms with van der Waals surface area (Å²) < 4.78 is 18.2. The van der Waals surface area contributed by atoms with E-state index in [2.05, 4.69) is 4.98 Å². The van der Waals surface area contributed by atoms with Gasteiger partial charge in [-0.1, -0.05) is 6.07 Å². The molecule has 0 aliphatic carbocycles. The first-order valence-electron chi connectivity index (χ1n) is 4.62. The van der Waals surface area contributed by atoms with Gasteiger partial charge in [0.15, 0.2) is 0 Å². The predicted octanol–water partition coefficient (Wildman–Crippen LogP) is 2.80. The van der Waals surface area contributed by atoms with E-state index < -0.39 is 0 Å². The molecule has 1 aromatic carbocycles. The van der Waals surface area contributed by atoms with Crippen LogP contribution in [0, 0.1) is 5.82 Å². The zero-order valence-corrected chi connectivity index (χ0v) is 8.06. The highest BCUT2D eigenvalue weighted by molar-refractivity contribution is 5.23. The van der Waals surface area contributed by atoms with Crippen molar-refractivity contribution in [1.29, 1.82) is 0 Å². The molecular formula is C12H10FNO. The summed E-state index contributed by atoms with van der Waals surface area (Å²) in [6.07, 6.45) is 3.40. The summed E-state index contributed by atoms with van der Waals surface area (Å²) in [7, 11) is 0. The molecule has 0 amide bonds. The highest BCUT2D eigenvalue weighted by Gasteiger charge is 1.96. The van der Waals surface area contributed by atoms with Crippen molar-refractivity contribution in [2.45, 2.75) is 6.61 Å². The normalized spacial score (nSPS) is 9.93. The third kappa shape index (κ3) is 2.77. The number of halogens is 1. The molecule has 2 nitrogen and oxygen atoms in total. The molecule has 2 aromatic rings. The number of pyridine rings is 1. The van der Waals surface area contributed by atoms with Crippen LogP contribution in [0.4, 0.5) is 4.39 Å². The lowest BCUT2D eigenvalue weighted by Crippen LogP contribution is -1.95. The van der Waals surface area contributed by atoms with Gasteiger partial charge in [0.05, 0.1) is 0 Å². The smallest absolute Gasteiger partial charge is 0.126 e. The Kier molecular flexibility index (Phi) is 2.93. The standard InChI is InChI=1S/C12H10FNO/c13-11-2-1-3-12(8-11)15-9-10-4-6-14-7-5-10/h1-8H,9H2. The van der Waals surface area contributed by atoms with Crippen molar-refractivity contribution in [1.82, 2.24) is 4.98 Å². The average molecular weight is 203 g/mol. The van der Waals surface area contributed by atoms with Crippen molar-refractivity contribution in [2.75, 3.05) is 0 Å². The molecular weight excluding hydrogens is 193 g/mol. The van der Waals surface area contributed by atoms with Crippen molar-refractivity contribution in [3.8, 4) is 5.75 Å². The van der Waals surface area contributed by atoms with E-state index in [1.807, 2.05) is 12.1 Å². The third-order valence-corrected chi connectivity index (χ3v) is 1.95. The van der Waals surface area contributed by atoms with Gasteiger partial charge in [0.2, 0.25) is 0 Å². The molecule has 15 heavy (non-hydrogen) atoms. The summed E-state index contributed by atoms with van der Waals surface area (Å²) in [5.41, 5.74) is 1.01. The summed E-state index contributed by atoms with van der Waals surface area (Å²) in [6.45, 7) is 0.423. The van der Waals surface area contributed by atoms with Crippen molar-refractivity contribution < 1.29 is 9.13 Å². The van der Waals surface area contributed by atoms with Crippen LogP contribution in [0.25, 0.3) is 0 Å². The minimum absolute atomic E-state index is 0.290. The van der Waals surface area contributed by atoms with Crippen molar-refractivity contribution in [2.24, 2.45) is 0 Å². The highest BCUT2D eigenvalue weighted by atomic mass is 19.1. The Balaban J connectivity index is 1.99. The van der Waals surface area contributed by atoms with E-state index in [4.69, 9.17) is 4.74 Å². The fraction of sp³-hybridized carbons (Fsp3) is 0.0833. The third-order valence-electron chi connectivity index (χ3n) is 1.95. The molecule has 2 rings (SSSR count). The summed E-state index contributed by atoms with van der Waals surface area (Å²) in [4.78, 5) is 3.90. The largest absolute Gasteiger partial charge is 0.489 e. The Hall–Kier alpha value is -1.90.